The minimum absolute atomic E-state index is 0.0956. The Morgan fingerprint density at radius 1 is 1.62 bits per heavy atom. The van der Waals surface area contributed by atoms with E-state index in [4.69, 9.17) is 5.73 Å². The maximum absolute atomic E-state index is 10.7. The van der Waals surface area contributed by atoms with Crippen molar-refractivity contribution in [1.29, 1.82) is 0 Å². The highest BCUT2D eigenvalue weighted by molar-refractivity contribution is 7.07. The summed E-state index contributed by atoms with van der Waals surface area (Å²) in [6, 6.07) is 0. The Bertz CT molecular complexity index is 464. The predicted molar refractivity (Wildman–Crippen MR) is 60.9 cm³/mol. The molecule has 84 valence electrons. The number of hydrogen-bond donors (Lipinski definition) is 2. The molecule has 7 heteroatoms. The quantitative estimate of drug-likeness (QED) is 0.790. The van der Waals surface area contributed by atoms with Gasteiger partial charge in [-0.05, 0) is 0 Å². The van der Waals surface area contributed by atoms with Crippen LogP contribution in [0.3, 0.4) is 0 Å². The van der Waals surface area contributed by atoms with Gasteiger partial charge in [0.15, 0.2) is 0 Å². The van der Waals surface area contributed by atoms with Crippen LogP contribution >= 0.6 is 11.3 Å². The summed E-state index contributed by atoms with van der Waals surface area (Å²) < 4.78 is 1.49. The summed E-state index contributed by atoms with van der Waals surface area (Å²) in [5.41, 5.74) is 8.66. The second-order valence-corrected chi connectivity index (χ2v) is 3.94. The first-order valence-corrected chi connectivity index (χ1v) is 5.60. The van der Waals surface area contributed by atoms with Crippen LogP contribution in [0.1, 0.15) is 5.69 Å². The van der Waals surface area contributed by atoms with E-state index in [-0.39, 0.29) is 6.54 Å². The molecule has 0 spiro atoms. The van der Waals surface area contributed by atoms with E-state index < -0.39 is 5.91 Å². The topological polar surface area (TPSA) is 85.8 Å². The van der Waals surface area contributed by atoms with Gasteiger partial charge in [0.1, 0.15) is 6.54 Å². The summed E-state index contributed by atoms with van der Waals surface area (Å²) in [5, 5.41) is 9.11. The molecule has 0 unspecified atom stereocenters. The summed E-state index contributed by atoms with van der Waals surface area (Å²) in [6.07, 6.45) is 3.38. The Morgan fingerprint density at radius 2 is 2.50 bits per heavy atom. The number of aromatic nitrogens is 3. The summed E-state index contributed by atoms with van der Waals surface area (Å²) in [4.78, 5) is 14.8. The first kappa shape index (κ1) is 10.6. The number of amides is 1. The average Bonchev–Trinajstić information content (AvgIpc) is 2.84. The van der Waals surface area contributed by atoms with Crippen molar-refractivity contribution < 1.29 is 4.79 Å². The molecule has 0 aliphatic carbocycles. The number of nitrogens with two attached hydrogens (primary N) is 1. The van der Waals surface area contributed by atoms with Crippen LogP contribution in [-0.2, 0) is 17.9 Å². The highest BCUT2D eigenvalue weighted by Crippen LogP contribution is 2.08. The summed E-state index contributed by atoms with van der Waals surface area (Å²) in [5.74, 6) is -0.408. The minimum atomic E-state index is -0.408. The fourth-order valence-electron chi connectivity index (χ4n) is 1.22. The number of nitrogens with zero attached hydrogens (tertiary/aromatic N) is 3. The maximum atomic E-state index is 10.7. The zero-order chi connectivity index (χ0) is 11.4. The molecule has 6 nitrogen and oxygen atoms in total. The zero-order valence-corrected chi connectivity index (χ0v) is 9.28. The molecular weight excluding hydrogens is 226 g/mol. The first-order valence-electron chi connectivity index (χ1n) is 4.66. The fraction of sp³-hybridized carbons (Fsp3) is 0.222. The second-order valence-electron chi connectivity index (χ2n) is 3.23. The smallest absolute Gasteiger partial charge is 0.239 e. The van der Waals surface area contributed by atoms with E-state index in [1.165, 1.54) is 4.68 Å². The van der Waals surface area contributed by atoms with Gasteiger partial charge in [0.2, 0.25) is 5.91 Å². The molecular formula is C9H11N5OS. The third-order valence-corrected chi connectivity index (χ3v) is 2.54. The average molecular weight is 237 g/mol. The van der Waals surface area contributed by atoms with Gasteiger partial charge < -0.3 is 11.1 Å². The highest BCUT2D eigenvalue weighted by Gasteiger charge is 2.01. The lowest BCUT2D eigenvalue weighted by atomic mass is 10.4. The van der Waals surface area contributed by atoms with E-state index >= 15 is 0 Å². The number of carbonyl (C=O) groups excluding carboxylic acids is 1. The Balaban J connectivity index is 1.90. The number of hydrogen-bond acceptors (Lipinski definition) is 5. The van der Waals surface area contributed by atoms with Gasteiger partial charge in [0, 0.05) is 11.6 Å². The van der Waals surface area contributed by atoms with E-state index in [0.717, 1.165) is 11.4 Å². The van der Waals surface area contributed by atoms with Gasteiger partial charge in [-0.2, -0.15) is 5.10 Å². The van der Waals surface area contributed by atoms with Crippen LogP contribution in [-0.4, -0.2) is 20.7 Å². The molecule has 16 heavy (non-hydrogen) atoms. The number of carbonyl (C=O) groups is 1. The Kier molecular flexibility index (Phi) is 3.16. The molecule has 2 aromatic heterocycles. The molecule has 0 saturated carbocycles. The van der Waals surface area contributed by atoms with E-state index in [1.54, 1.807) is 29.2 Å². The monoisotopic (exact) mass is 237 g/mol. The van der Waals surface area contributed by atoms with Gasteiger partial charge >= 0.3 is 0 Å². The van der Waals surface area contributed by atoms with Crippen LogP contribution < -0.4 is 11.1 Å². The van der Waals surface area contributed by atoms with Crippen molar-refractivity contribution in [2.24, 2.45) is 5.73 Å². The lowest BCUT2D eigenvalue weighted by Crippen LogP contribution is -2.18. The SMILES string of the molecule is NC(=O)Cn1cc(NCc2cscn2)cn1. The van der Waals surface area contributed by atoms with Crippen molar-refractivity contribution in [3.05, 3.63) is 29.0 Å². The van der Waals surface area contributed by atoms with Gasteiger partial charge in [0.05, 0.1) is 29.6 Å². The van der Waals surface area contributed by atoms with Gasteiger partial charge in [-0.1, -0.05) is 0 Å². The van der Waals surface area contributed by atoms with Crippen molar-refractivity contribution in [3.63, 3.8) is 0 Å². The fourth-order valence-corrected chi connectivity index (χ4v) is 1.78. The van der Waals surface area contributed by atoms with E-state index in [9.17, 15) is 4.79 Å². The van der Waals surface area contributed by atoms with Crippen LogP contribution in [0.5, 0.6) is 0 Å². The van der Waals surface area contributed by atoms with Crippen LogP contribution in [0.15, 0.2) is 23.3 Å². The number of anilines is 1. The molecule has 0 fully saturated rings. The molecule has 2 rings (SSSR count). The molecule has 1 amide bonds. The number of primary amides is 1. The van der Waals surface area contributed by atoms with Crippen molar-refractivity contribution in [3.8, 4) is 0 Å². The van der Waals surface area contributed by atoms with Gasteiger partial charge in [-0.15, -0.1) is 11.3 Å². The Hall–Kier alpha value is -1.89. The maximum Gasteiger partial charge on any atom is 0.239 e. The van der Waals surface area contributed by atoms with Crippen molar-refractivity contribution in [2.45, 2.75) is 13.1 Å². The largest absolute Gasteiger partial charge is 0.377 e. The van der Waals surface area contributed by atoms with E-state index in [0.29, 0.717) is 6.54 Å². The lowest BCUT2D eigenvalue weighted by molar-refractivity contribution is -0.118. The number of thiazole rings is 1. The molecule has 0 saturated heterocycles. The van der Waals surface area contributed by atoms with Gasteiger partial charge in [0.25, 0.3) is 0 Å². The second kappa shape index (κ2) is 4.75. The third-order valence-electron chi connectivity index (χ3n) is 1.91. The van der Waals surface area contributed by atoms with Crippen LogP contribution in [0.2, 0.25) is 0 Å². The van der Waals surface area contributed by atoms with Gasteiger partial charge in [-0.25, -0.2) is 4.98 Å². The van der Waals surface area contributed by atoms with Crippen molar-refractivity contribution >= 4 is 22.9 Å². The molecule has 2 aromatic rings. The zero-order valence-electron chi connectivity index (χ0n) is 8.46. The molecule has 0 atom stereocenters. The highest BCUT2D eigenvalue weighted by atomic mass is 32.1. The van der Waals surface area contributed by atoms with E-state index in [1.807, 2.05) is 5.38 Å². The molecule has 0 aromatic carbocycles. The molecule has 0 aliphatic heterocycles. The number of nitrogens with one attached hydrogen (secondary N) is 1. The predicted octanol–water partition coefficient (Wildman–Crippen LogP) is 0.437. The number of rotatable bonds is 5. The van der Waals surface area contributed by atoms with Gasteiger partial charge in [-0.3, -0.25) is 9.48 Å². The lowest BCUT2D eigenvalue weighted by Gasteiger charge is -1.99. The molecule has 0 aliphatic rings. The van der Waals surface area contributed by atoms with Crippen molar-refractivity contribution in [2.75, 3.05) is 5.32 Å². The van der Waals surface area contributed by atoms with Crippen molar-refractivity contribution in [1.82, 2.24) is 14.8 Å². The molecule has 0 bridgehead atoms. The van der Waals surface area contributed by atoms with Crippen LogP contribution in [0.25, 0.3) is 0 Å². The summed E-state index contributed by atoms with van der Waals surface area (Å²) in [6.45, 7) is 0.740. The van der Waals surface area contributed by atoms with Crippen LogP contribution in [0, 0.1) is 0 Å². The molecule has 0 radical (unpaired) electrons. The normalized spacial score (nSPS) is 10.2. The third kappa shape index (κ3) is 2.80. The minimum Gasteiger partial charge on any atom is -0.377 e. The Labute approximate surface area is 96.1 Å². The molecule has 2 heterocycles. The summed E-state index contributed by atoms with van der Waals surface area (Å²) in [7, 11) is 0. The van der Waals surface area contributed by atoms with Crippen LogP contribution in [0.4, 0.5) is 5.69 Å². The summed E-state index contributed by atoms with van der Waals surface area (Å²) >= 11 is 1.56. The first-order chi connectivity index (χ1) is 7.74. The van der Waals surface area contributed by atoms with E-state index in [2.05, 4.69) is 15.4 Å². The standard InChI is InChI=1S/C9H11N5OS/c10-9(15)4-14-3-7(2-13-14)11-1-8-5-16-6-12-8/h2-3,5-6,11H,1,4H2,(H2,10,15). The molecule has 3 N–H and O–H groups in total. The Morgan fingerprint density at radius 3 is 3.19 bits per heavy atom.